The SMILES string of the molecule is COC1C(=O)CC=C(C(=O)CC(=O)c2ccccc2)C1O. The number of hydrogen-bond acceptors (Lipinski definition) is 5. The number of benzene rings is 1. The number of aliphatic hydroxyl groups excluding tert-OH is 1. The van der Waals surface area contributed by atoms with Crippen LogP contribution in [0.4, 0.5) is 0 Å². The van der Waals surface area contributed by atoms with E-state index in [1.54, 1.807) is 30.3 Å². The minimum Gasteiger partial charge on any atom is -0.385 e. The standard InChI is InChI=1S/C16H16O5/c1-21-16-12(17)8-7-11(15(16)20)14(19)9-13(18)10-5-3-2-4-6-10/h2-7,15-16,20H,8-9H2,1H3. The van der Waals surface area contributed by atoms with E-state index < -0.39 is 18.0 Å². The first-order valence-corrected chi connectivity index (χ1v) is 6.59. The number of ketones is 3. The Hall–Kier alpha value is -2.11. The van der Waals surface area contributed by atoms with Crippen LogP contribution in [0.2, 0.25) is 0 Å². The lowest BCUT2D eigenvalue weighted by molar-refractivity contribution is -0.135. The van der Waals surface area contributed by atoms with Gasteiger partial charge in [-0.1, -0.05) is 36.4 Å². The molecule has 110 valence electrons. The molecule has 0 aliphatic heterocycles. The molecule has 1 aliphatic rings. The van der Waals surface area contributed by atoms with Crippen molar-refractivity contribution in [3.8, 4) is 0 Å². The van der Waals surface area contributed by atoms with E-state index in [2.05, 4.69) is 0 Å². The summed E-state index contributed by atoms with van der Waals surface area (Å²) in [5.41, 5.74) is 0.516. The molecule has 0 fully saturated rings. The van der Waals surface area contributed by atoms with Crippen LogP contribution in [0.5, 0.6) is 0 Å². The van der Waals surface area contributed by atoms with Gasteiger partial charge in [0.2, 0.25) is 0 Å². The normalized spacial score (nSPS) is 21.8. The predicted molar refractivity (Wildman–Crippen MR) is 74.9 cm³/mol. The summed E-state index contributed by atoms with van der Waals surface area (Å²) < 4.78 is 4.91. The number of rotatable bonds is 5. The Morgan fingerprint density at radius 2 is 1.90 bits per heavy atom. The zero-order chi connectivity index (χ0) is 15.4. The second-order valence-electron chi connectivity index (χ2n) is 4.82. The number of allylic oxidation sites excluding steroid dienone is 1. The minimum atomic E-state index is -1.31. The highest BCUT2D eigenvalue weighted by molar-refractivity contribution is 6.14. The molecule has 1 aliphatic carbocycles. The molecule has 5 nitrogen and oxygen atoms in total. The van der Waals surface area contributed by atoms with E-state index in [1.807, 2.05) is 0 Å². The highest BCUT2D eigenvalue weighted by Gasteiger charge is 2.35. The first-order valence-electron chi connectivity index (χ1n) is 6.59. The molecule has 5 heteroatoms. The fourth-order valence-electron chi connectivity index (χ4n) is 2.30. The Kier molecular flexibility index (Phi) is 4.77. The van der Waals surface area contributed by atoms with Crippen molar-refractivity contribution < 1.29 is 24.2 Å². The van der Waals surface area contributed by atoms with Crippen LogP contribution in [-0.4, -0.2) is 41.8 Å². The molecule has 0 bridgehead atoms. The lowest BCUT2D eigenvalue weighted by Crippen LogP contribution is -2.42. The van der Waals surface area contributed by atoms with Crippen molar-refractivity contribution in [2.45, 2.75) is 25.0 Å². The van der Waals surface area contributed by atoms with Crippen LogP contribution in [0.15, 0.2) is 42.0 Å². The quantitative estimate of drug-likeness (QED) is 0.648. The second-order valence-corrected chi connectivity index (χ2v) is 4.82. The smallest absolute Gasteiger partial charge is 0.170 e. The fourth-order valence-corrected chi connectivity index (χ4v) is 2.30. The minimum absolute atomic E-state index is 0.0240. The molecule has 0 saturated heterocycles. The average molecular weight is 288 g/mol. The van der Waals surface area contributed by atoms with Gasteiger partial charge in [0.1, 0.15) is 12.2 Å². The van der Waals surface area contributed by atoms with E-state index in [-0.39, 0.29) is 30.0 Å². The van der Waals surface area contributed by atoms with Crippen LogP contribution in [0.25, 0.3) is 0 Å². The van der Waals surface area contributed by atoms with Gasteiger partial charge in [0, 0.05) is 24.7 Å². The van der Waals surface area contributed by atoms with Crippen LogP contribution < -0.4 is 0 Å². The van der Waals surface area contributed by atoms with Gasteiger partial charge in [-0.15, -0.1) is 0 Å². The van der Waals surface area contributed by atoms with Gasteiger partial charge in [-0.05, 0) is 0 Å². The summed E-state index contributed by atoms with van der Waals surface area (Å²) in [5, 5.41) is 10.0. The van der Waals surface area contributed by atoms with Gasteiger partial charge in [-0.3, -0.25) is 14.4 Å². The fraction of sp³-hybridized carbons (Fsp3) is 0.312. The first kappa shape index (κ1) is 15.3. The van der Waals surface area contributed by atoms with Gasteiger partial charge in [-0.2, -0.15) is 0 Å². The van der Waals surface area contributed by atoms with Crippen molar-refractivity contribution in [2.24, 2.45) is 0 Å². The molecule has 0 heterocycles. The number of hydrogen-bond donors (Lipinski definition) is 1. The Labute approximate surface area is 122 Å². The molecule has 21 heavy (non-hydrogen) atoms. The molecule has 0 radical (unpaired) electrons. The number of carbonyl (C=O) groups excluding carboxylic acids is 3. The molecule has 1 aromatic carbocycles. The molecule has 2 unspecified atom stereocenters. The van der Waals surface area contributed by atoms with Crippen molar-refractivity contribution in [1.82, 2.24) is 0 Å². The van der Waals surface area contributed by atoms with Gasteiger partial charge < -0.3 is 9.84 Å². The van der Waals surface area contributed by atoms with E-state index in [0.29, 0.717) is 5.56 Å². The molecule has 0 saturated carbocycles. The predicted octanol–water partition coefficient (Wildman–Crippen LogP) is 1.10. The summed E-state index contributed by atoms with van der Waals surface area (Å²) in [6.07, 6.45) is -1.29. The van der Waals surface area contributed by atoms with Crippen LogP contribution >= 0.6 is 0 Å². The molecular formula is C16H16O5. The van der Waals surface area contributed by atoms with E-state index in [1.165, 1.54) is 13.2 Å². The van der Waals surface area contributed by atoms with Gasteiger partial charge in [-0.25, -0.2) is 0 Å². The molecular weight excluding hydrogens is 272 g/mol. The highest BCUT2D eigenvalue weighted by atomic mass is 16.5. The first-order chi connectivity index (χ1) is 10.0. The van der Waals surface area contributed by atoms with Gasteiger partial charge in [0.15, 0.2) is 17.3 Å². The lowest BCUT2D eigenvalue weighted by Gasteiger charge is -2.25. The van der Waals surface area contributed by atoms with Crippen molar-refractivity contribution in [3.05, 3.63) is 47.5 Å². The Morgan fingerprint density at radius 3 is 2.52 bits per heavy atom. The summed E-state index contributed by atoms with van der Waals surface area (Å²) in [6.45, 7) is 0. The number of Topliss-reactive ketones (excluding diaryl/α,β-unsaturated/α-hetero) is 3. The lowest BCUT2D eigenvalue weighted by atomic mass is 9.88. The summed E-state index contributed by atoms with van der Waals surface area (Å²) in [7, 11) is 1.30. The molecule has 0 amide bonds. The maximum atomic E-state index is 12.1. The Morgan fingerprint density at radius 1 is 1.24 bits per heavy atom. The van der Waals surface area contributed by atoms with Crippen molar-refractivity contribution >= 4 is 17.3 Å². The third-order valence-corrected chi connectivity index (χ3v) is 3.44. The van der Waals surface area contributed by atoms with Gasteiger partial charge in [0.25, 0.3) is 0 Å². The molecule has 0 aromatic heterocycles. The Balaban J connectivity index is 2.10. The van der Waals surface area contributed by atoms with Gasteiger partial charge >= 0.3 is 0 Å². The van der Waals surface area contributed by atoms with E-state index in [0.717, 1.165) is 0 Å². The van der Waals surface area contributed by atoms with Crippen molar-refractivity contribution in [3.63, 3.8) is 0 Å². The summed E-state index contributed by atoms with van der Waals surface area (Å²) in [4.78, 5) is 35.7. The number of carbonyl (C=O) groups is 3. The number of ether oxygens (including phenoxy) is 1. The van der Waals surface area contributed by atoms with Crippen LogP contribution in [0, 0.1) is 0 Å². The molecule has 2 rings (SSSR count). The zero-order valence-electron chi connectivity index (χ0n) is 11.6. The summed E-state index contributed by atoms with van der Waals surface area (Å²) >= 11 is 0. The Bertz CT molecular complexity index is 588. The average Bonchev–Trinajstić information content (AvgIpc) is 2.48. The largest absolute Gasteiger partial charge is 0.385 e. The summed E-state index contributed by atoms with van der Waals surface area (Å²) in [6, 6.07) is 8.46. The number of aliphatic hydroxyl groups is 1. The van der Waals surface area contributed by atoms with Gasteiger partial charge in [0.05, 0.1) is 6.42 Å². The summed E-state index contributed by atoms with van der Waals surface area (Å²) in [5.74, 6) is -1.08. The van der Waals surface area contributed by atoms with Crippen molar-refractivity contribution in [2.75, 3.05) is 7.11 Å². The maximum absolute atomic E-state index is 12.1. The topological polar surface area (TPSA) is 80.7 Å². The van der Waals surface area contributed by atoms with E-state index in [4.69, 9.17) is 4.74 Å². The third-order valence-electron chi connectivity index (χ3n) is 3.44. The molecule has 1 aromatic rings. The van der Waals surface area contributed by atoms with Crippen molar-refractivity contribution in [1.29, 1.82) is 0 Å². The molecule has 1 N–H and O–H groups in total. The third kappa shape index (κ3) is 3.32. The van der Waals surface area contributed by atoms with Crippen LogP contribution in [0.1, 0.15) is 23.2 Å². The number of methoxy groups -OCH3 is 1. The highest BCUT2D eigenvalue weighted by Crippen LogP contribution is 2.21. The molecule has 2 atom stereocenters. The monoisotopic (exact) mass is 288 g/mol. The molecule has 0 spiro atoms. The zero-order valence-corrected chi connectivity index (χ0v) is 11.6. The van der Waals surface area contributed by atoms with E-state index in [9.17, 15) is 19.5 Å². The second kappa shape index (κ2) is 6.56. The van der Waals surface area contributed by atoms with E-state index >= 15 is 0 Å². The maximum Gasteiger partial charge on any atom is 0.170 e. The van der Waals surface area contributed by atoms with Crippen LogP contribution in [-0.2, 0) is 14.3 Å². The van der Waals surface area contributed by atoms with Crippen LogP contribution in [0.3, 0.4) is 0 Å².